The molecule has 1 fully saturated rings. The van der Waals surface area contributed by atoms with Crippen LogP contribution >= 0.6 is 0 Å². The summed E-state index contributed by atoms with van der Waals surface area (Å²) in [5.74, 6) is 0.735. The van der Waals surface area contributed by atoms with Gasteiger partial charge in [-0.2, -0.15) is 13.2 Å². The predicted molar refractivity (Wildman–Crippen MR) is 131 cm³/mol. The molecule has 0 aromatic heterocycles. The van der Waals surface area contributed by atoms with Crippen LogP contribution in [0.4, 0.5) is 26.3 Å². The molecular formula is C30H28F6. The van der Waals surface area contributed by atoms with Gasteiger partial charge in [-0.15, -0.1) is 0 Å². The van der Waals surface area contributed by atoms with Gasteiger partial charge in [-0.25, -0.2) is 13.2 Å². The first-order chi connectivity index (χ1) is 17.2. The van der Waals surface area contributed by atoms with Crippen molar-refractivity contribution in [1.82, 2.24) is 0 Å². The summed E-state index contributed by atoms with van der Waals surface area (Å²) >= 11 is 0. The van der Waals surface area contributed by atoms with Gasteiger partial charge in [0.25, 0.3) is 0 Å². The average Bonchev–Trinajstić information content (AvgIpc) is 2.83. The quantitative estimate of drug-likeness (QED) is 0.179. The maximum atomic E-state index is 15.1. The first-order valence-electron chi connectivity index (χ1n) is 12.5. The highest BCUT2D eigenvalue weighted by Crippen LogP contribution is 2.39. The Morgan fingerprint density at radius 3 is 2.28 bits per heavy atom. The van der Waals surface area contributed by atoms with Crippen LogP contribution in [0.1, 0.15) is 75.3 Å². The smallest absolute Gasteiger partial charge is 0.206 e. The third-order valence-electron chi connectivity index (χ3n) is 7.20. The van der Waals surface area contributed by atoms with Crippen LogP contribution in [0.15, 0.2) is 42.5 Å². The van der Waals surface area contributed by atoms with Gasteiger partial charge < -0.3 is 0 Å². The maximum absolute atomic E-state index is 15.1. The van der Waals surface area contributed by atoms with Gasteiger partial charge >= 0.3 is 6.18 Å². The van der Waals surface area contributed by atoms with E-state index in [1.165, 1.54) is 49.8 Å². The second-order valence-corrected chi connectivity index (χ2v) is 9.68. The molecule has 0 atom stereocenters. The van der Waals surface area contributed by atoms with E-state index in [-0.39, 0.29) is 10.8 Å². The summed E-state index contributed by atoms with van der Waals surface area (Å²) < 4.78 is 81.3. The molecule has 3 aromatic carbocycles. The SMILES string of the molecule is CCCCCC1CCC(c2ccc(-c3ccc4c(F)c(C#CC(F)(F)F)c(F)cc4c3)c(F)c2)CC1. The highest BCUT2D eigenvalue weighted by molar-refractivity contribution is 5.89. The number of benzene rings is 3. The number of rotatable bonds is 6. The molecule has 1 saturated carbocycles. The molecule has 0 N–H and O–H groups in total. The van der Waals surface area contributed by atoms with E-state index < -0.39 is 29.2 Å². The topological polar surface area (TPSA) is 0 Å². The van der Waals surface area contributed by atoms with Crippen molar-refractivity contribution in [2.45, 2.75) is 70.4 Å². The lowest BCUT2D eigenvalue weighted by atomic mass is 9.77. The minimum atomic E-state index is -4.87. The van der Waals surface area contributed by atoms with E-state index in [2.05, 4.69) is 6.92 Å². The first-order valence-corrected chi connectivity index (χ1v) is 12.5. The van der Waals surface area contributed by atoms with E-state index in [9.17, 15) is 22.0 Å². The fourth-order valence-corrected chi connectivity index (χ4v) is 5.23. The van der Waals surface area contributed by atoms with Gasteiger partial charge in [0, 0.05) is 16.9 Å². The molecule has 0 amide bonds. The molecule has 3 aromatic rings. The molecule has 4 rings (SSSR count). The molecule has 0 nitrogen and oxygen atoms in total. The van der Waals surface area contributed by atoms with Crippen molar-refractivity contribution in [3.05, 3.63) is 71.0 Å². The molecular weight excluding hydrogens is 474 g/mol. The summed E-state index contributed by atoms with van der Waals surface area (Å²) in [5.41, 5.74) is 0.756. The molecule has 190 valence electrons. The van der Waals surface area contributed by atoms with Gasteiger partial charge in [0.2, 0.25) is 0 Å². The normalized spacial score (nSPS) is 18.2. The molecule has 0 spiro atoms. The van der Waals surface area contributed by atoms with E-state index in [0.717, 1.165) is 49.2 Å². The second-order valence-electron chi connectivity index (χ2n) is 9.68. The second kappa shape index (κ2) is 11.0. The Morgan fingerprint density at radius 1 is 0.861 bits per heavy atom. The van der Waals surface area contributed by atoms with Crippen molar-refractivity contribution in [2.24, 2.45) is 5.92 Å². The van der Waals surface area contributed by atoms with E-state index in [1.54, 1.807) is 12.1 Å². The molecule has 36 heavy (non-hydrogen) atoms. The van der Waals surface area contributed by atoms with Crippen LogP contribution in [-0.2, 0) is 0 Å². The van der Waals surface area contributed by atoms with Crippen LogP contribution in [0.3, 0.4) is 0 Å². The Kier molecular flexibility index (Phi) is 7.97. The monoisotopic (exact) mass is 502 g/mol. The van der Waals surface area contributed by atoms with Gasteiger partial charge in [-0.1, -0.05) is 62.8 Å². The summed E-state index contributed by atoms with van der Waals surface area (Å²) in [6.45, 7) is 2.21. The Balaban J connectivity index is 1.54. The zero-order valence-corrected chi connectivity index (χ0v) is 20.1. The van der Waals surface area contributed by atoms with E-state index in [1.807, 2.05) is 6.07 Å². The van der Waals surface area contributed by atoms with Crippen LogP contribution in [-0.4, -0.2) is 6.18 Å². The number of hydrogen-bond donors (Lipinski definition) is 0. The van der Waals surface area contributed by atoms with Crippen LogP contribution < -0.4 is 0 Å². The molecule has 0 radical (unpaired) electrons. The van der Waals surface area contributed by atoms with Gasteiger partial charge in [0.15, 0.2) is 0 Å². The number of fused-ring (bicyclic) bond motifs is 1. The Morgan fingerprint density at radius 2 is 1.61 bits per heavy atom. The Hall–Kier alpha value is -2.94. The van der Waals surface area contributed by atoms with Crippen molar-refractivity contribution in [2.75, 3.05) is 0 Å². The van der Waals surface area contributed by atoms with Crippen LogP contribution in [0.5, 0.6) is 0 Å². The fraction of sp³-hybridized carbons (Fsp3) is 0.400. The van der Waals surface area contributed by atoms with E-state index in [0.29, 0.717) is 17.0 Å². The van der Waals surface area contributed by atoms with Gasteiger partial charge in [-0.3, -0.25) is 0 Å². The fourth-order valence-electron chi connectivity index (χ4n) is 5.23. The average molecular weight is 503 g/mol. The minimum absolute atomic E-state index is 0.0839. The van der Waals surface area contributed by atoms with Crippen molar-refractivity contribution in [1.29, 1.82) is 0 Å². The van der Waals surface area contributed by atoms with Gasteiger partial charge in [0.1, 0.15) is 17.5 Å². The van der Waals surface area contributed by atoms with Crippen molar-refractivity contribution >= 4 is 10.8 Å². The molecule has 0 aliphatic heterocycles. The number of alkyl halides is 3. The maximum Gasteiger partial charge on any atom is 0.458 e. The number of unbranched alkanes of at least 4 members (excludes halogenated alkanes) is 2. The summed E-state index contributed by atoms with van der Waals surface area (Å²) in [6.07, 6.45) is 4.59. The summed E-state index contributed by atoms with van der Waals surface area (Å²) in [7, 11) is 0. The number of halogens is 6. The zero-order valence-electron chi connectivity index (χ0n) is 20.1. The summed E-state index contributed by atoms with van der Waals surface area (Å²) in [5, 5.41) is 0.0317. The standard InChI is InChI=1S/C30H28F6/c1-2-3-4-5-19-6-8-20(9-7-19)21-10-12-24(27(31)17-21)22-11-13-25-23(16-22)18-28(32)26(29(25)33)14-15-30(34,35)36/h10-13,16-20H,2-9H2,1H3. The van der Waals surface area contributed by atoms with Crippen LogP contribution in [0, 0.1) is 35.2 Å². The van der Waals surface area contributed by atoms with Crippen LogP contribution in [0.25, 0.3) is 21.9 Å². The molecule has 6 heteroatoms. The molecule has 0 heterocycles. The highest BCUT2D eigenvalue weighted by atomic mass is 19.4. The van der Waals surface area contributed by atoms with E-state index in [4.69, 9.17) is 0 Å². The zero-order chi connectivity index (χ0) is 25.9. The highest BCUT2D eigenvalue weighted by Gasteiger charge is 2.25. The largest absolute Gasteiger partial charge is 0.458 e. The minimum Gasteiger partial charge on any atom is -0.206 e. The predicted octanol–water partition coefficient (Wildman–Crippen LogP) is 9.69. The lowest BCUT2D eigenvalue weighted by Crippen LogP contribution is -2.13. The summed E-state index contributed by atoms with van der Waals surface area (Å²) in [6, 6.07) is 10.3. The first kappa shape index (κ1) is 26.1. The Bertz CT molecular complexity index is 1290. The van der Waals surface area contributed by atoms with Gasteiger partial charge in [0.05, 0.1) is 5.56 Å². The molecule has 0 unspecified atom stereocenters. The third kappa shape index (κ3) is 6.06. The molecule has 0 bridgehead atoms. The van der Waals surface area contributed by atoms with Gasteiger partial charge in [-0.05, 0) is 72.2 Å². The van der Waals surface area contributed by atoms with Crippen molar-refractivity contribution in [3.63, 3.8) is 0 Å². The Labute approximate surface area is 207 Å². The summed E-state index contributed by atoms with van der Waals surface area (Å²) in [4.78, 5) is 0. The van der Waals surface area contributed by atoms with E-state index >= 15 is 4.39 Å². The van der Waals surface area contributed by atoms with Crippen molar-refractivity contribution < 1.29 is 26.3 Å². The molecule has 1 aliphatic carbocycles. The lowest BCUT2D eigenvalue weighted by Gasteiger charge is -2.29. The van der Waals surface area contributed by atoms with Crippen LogP contribution in [0.2, 0.25) is 0 Å². The number of hydrogen-bond acceptors (Lipinski definition) is 0. The molecule has 0 saturated heterocycles. The third-order valence-corrected chi connectivity index (χ3v) is 7.20. The lowest BCUT2D eigenvalue weighted by molar-refractivity contribution is -0.0696. The molecule has 1 aliphatic rings. The van der Waals surface area contributed by atoms with Crippen molar-refractivity contribution in [3.8, 4) is 23.0 Å².